The number of nitrogens with zero attached hydrogens (tertiary/aromatic N) is 2. The third-order valence-corrected chi connectivity index (χ3v) is 4.62. The molecule has 142 valence electrons. The van der Waals surface area contributed by atoms with Crippen LogP contribution in [0.1, 0.15) is 22.3 Å². The molecule has 0 spiro atoms. The number of amides is 3. The van der Waals surface area contributed by atoms with E-state index in [1.165, 1.54) is 18.3 Å². The van der Waals surface area contributed by atoms with Gasteiger partial charge in [0, 0.05) is 38.6 Å². The van der Waals surface area contributed by atoms with E-state index in [-0.39, 0.29) is 17.8 Å². The predicted octanol–water partition coefficient (Wildman–Crippen LogP) is 2.22. The van der Waals surface area contributed by atoms with Gasteiger partial charge in [0.05, 0.1) is 5.56 Å². The van der Waals surface area contributed by atoms with Crippen LogP contribution in [0.4, 0.5) is 9.18 Å². The fourth-order valence-electron chi connectivity index (χ4n) is 3.19. The molecule has 1 aromatic heterocycles. The number of likely N-dealkylation sites (tertiary alicyclic amines) is 1. The number of benzene rings is 1. The zero-order valence-electron chi connectivity index (χ0n) is 15.0. The Balaban J connectivity index is 1.35. The molecule has 0 aliphatic carbocycles. The number of hydrogen-bond donors (Lipinski definition) is 2. The molecule has 6 nitrogen and oxygen atoms in total. The van der Waals surface area contributed by atoms with E-state index in [9.17, 15) is 14.0 Å². The van der Waals surface area contributed by atoms with E-state index in [0.717, 1.165) is 18.4 Å². The molecule has 1 aliphatic heterocycles. The van der Waals surface area contributed by atoms with Crippen LogP contribution in [0.15, 0.2) is 48.8 Å². The summed E-state index contributed by atoms with van der Waals surface area (Å²) in [7, 11) is 0. The summed E-state index contributed by atoms with van der Waals surface area (Å²) in [6.45, 7) is 2.11. The van der Waals surface area contributed by atoms with Gasteiger partial charge in [-0.25, -0.2) is 9.18 Å². The van der Waals surface area contributed by atoms with Gasteiger partial charge in [0.25, 0.3) is 5.91 Å². The molecule has 1 fully saturated rings. The van der Waals surface area contributed by atoms with Crippen LogP contribution in [0, 0.1) is 11.7 Å². The number of pyridine rings is 1. The molecule has 1 saturated heterocycles. The van der Waals surface area contributed by atoms with Crippen LogP contribution in [-0.4, -0.2) is 48.0 Å². The zero-order valence-corrected chi connectivity index (χ0v) is 15.0. The summed E-state index contributed by atoms with van der Waals surface area (Å²) < 4.78 is 13.0. The normalized spacial score (nSPS) is 16.2. The van der Waals surface area contributed by atoms with Gasteiger partial charge in [-0.3, -0.25) is 9.78 Å². The van der Waals surface area contributed by atoms with Crippen molar-refractivity contribution in [2.45, 2.75) is 12.8 Å². The molecule has 27 heavy (non-hydrogen) atoms. The first-order chi connectivity index (χ1) is 13.1. The van der Waals surface area contributed by atoms with Gasteiger partial charge < -0.3 is 15.5 Å². The Labute approximate surface area is 157 Å². The highest BCUT2D eigenvalue weighted by molar-refractivity contribution is 5.93. The number of carbonyl (C=O) groups is 2. The molecule has 0 radical (unpaired) electrons. The lowest BCUT2D eigenvalue weighted by Gasteiger charge is -2.17. The lowest BCUT2D eigenvalue weighted by molar-refractivity contribution is 0.0953. The topological polar surface area (TPSA) is 74.3 Å². The molecule has 2 aromatic rings. The minimum atomic E-state index is -0.234. The number of carbonyl (C=O) groups excluding carboxylic acids is 2. The first-order valence-electron chi connectivity index (χ1n) is 9.07. The van der Waals surface area contributed by atoms with Gasteiger partial charge in [0.15, 0.2) is 0 Å². The van der Waals surface area contributed by atoms with Gasteiger partial charge in [0.1, 0.15) is 5.82 Å². The molecule has 1 unspecified atom stereocenters. The number of hydrogen-bond acceptors (Lipinski definition) is 3. The van der Waals surface area contributed by atoms with Gasteiger partial charge in [-0.05, 0) is 48.6 Å². The molecule has 3 rings (SSSR count). The molecule has 7 heteroatoms. The fraction of sp³-hybridized carbons (Fsp3) is 0.350. The van der Waals surface area contributed by atoms with Gasteiger partial charge in [-0.15, -0.1) is 0 Å². The van der Waals surface area contributed by atoms with Crippen molar-refractivity contribution in [1.29, 1.82) is 0 Å². The van der Waals surface area contributed by atoms with E-state index in [4.69, 9.17) is 0 Å². The Morgan fingerprint density at radius 1 is 1.15 bits per heavy atom. The van der Waals surface area contributed by atoms with E-state index in [2.05, 4.69) is 15.6 Å². The Morgan fingerprint density at radius 2 is 1.93 bits per heavy atom. The van der Waals surface area contributed by atoms with Gasteiger partial charge >= 0.3 is 6.03 Å². The van der Waals surface area contributed by atoms with Crippen LogP contribution in [0.5, 0.6) is 0 Å². The Kier molecular flexibility index (Phi) is 6.35. The average Bonchev–Trinajstić information content (AvgIpc) is 3.16. The average molecular weight is 370 g/mol. The number of nitrogens with one attached hydrogen (secondary N) is 2. The largest absolute Gasteiger partial charge is 0.350 e. The molecule has 0 bridgehead atoms. The molecular weight excluding hydrogens is 347 g/mol. The molecule has 3 amide bonds. The second-order valence-electron chi connectivity index (χ2n) is 6.66. The SMILES string of the molecule is O=C(NCCNC(=O)N1CCC(Cc2ccc(F)cc2)C1)c1cccnc1. The van der Waals surface area contributed by atoms with E-state index < -0.39 is 0 Å². The smallest absolute Gasteiger partial charge is 0.317 e. The summed E-state index contributed by atoms with van der Waals surface area (Å²) in [6, 6.07) is 9.79. The summed E-state index contributed by atoms with van der Waals surface area (Å²) >= 11 is 0. The molecule has 0 saturated carbocycles. The summed E-state index contributed by atoms with van der Waals surface area (Å²) in [4.78, 5) is 29.8. The van der Waals surface area contributed by atoms with Crippen LogP contribution in [0.3, 0.4) is 0 Å². The maximum atomic E-state index is 13.0. The highest BCUT2D eigenvalue weighted by Crippen LogP contribution is 2.21. The second-order valence-corrected chi connectivity index (χ2v) is 6.66. The molecule has 1 aliphatic rings. The molecule has 1 atom stereocenters. The van der Waals surface area contributed by atoms with Crippen molar-refractivity contribution >= 4 is 11.9 Å². The van der Waals surface area contributed by atoms with Gasteiger partial charge in [-0.2, -0.15) is 0 Å². The highest BCUT2D eigenvalue weighted by Gasteiger charge is 2.26. The lowest BCUT2D eigenvalue weighted by atomic mass is 9.99. The fourth-order valence-corrected chi connectivity index (χ4v) is 3.19. The number of aromatic nitrogens is 1. The predicted molar refractivity (Wildman–Crippen MR) is 99.8 cm³/mol. The summed E-state index contributed by atoms with van der Waals surface area (Å²) in [5.74, 6) is -0.0637. The standard InChI is InChI=1S/C20H23FN4O2/c21-18-5-3-15(4-6-18)12-16-7-11-25(14-16)20(27)24-10-9-23-19(26)17-2-1-8-22-13-17/h1-6,8,13,16H,7,9-12,14H2,(H,23,26)(H,24,27). The molecule has 2 N–H and O–H groups in total. The van der Waals surface area contributed by atoms with E-state index in [1.54, 1.807) is 35.4 Å². The maximum absolute atomic E-state index is 13.0. The van der Waals surface area contributed by atoms with Crippen LogP contribution < -0.4 is 10.6 Å². The number of halogens is 1. The lowest BCUT2D eigenvalue weighted by Crippen LogP contribution is -2.42. The third-order valence-electron chi connectivity index (χ3n) is 4.62. The van der Waals surface area contributed by atoms with Gasteiger partial charge in [0.2, 0.25) is 0 Å². The summed E-state index contributed by atoms with van der Waals surface area (Å²) in [6.07, 6.45) is 4.88. The quantitative estimate of drug-likeness (QED) is 0.766. The summed E-state index contributed by atoms with van der Waals surface area (Å²) in [5, 5.41) is 5.58. The van der Waals surface area contributed by atoms with E-state index in [1.807, 2.05) is 0 Å². The van der Waals surface area contributed by atoms with Crippen molar-refractivity contribution in [3.8, 4) is 0 Å². The Bertz CT molecular complexity index is 767. The molecular formula is C20H23FN4O2. The monoisotopic (exact) mass is 370 g/mol. The van der Waals surface area contributed by atoms with E-state index in [0.29, 0.717) is 37.7 Å². The Hall–Kier alpha value is -2.96. The van der Waals surface area contributed by atoms with Crippen molar-refractivity contribution in [2.75, 3.05) is 26.2 Å². The molecule has 1 aromatic carbocycles. The Morgan fingerprint density at radius 3 is 2.67 bits per heavy atom. The number of urea groups is 1. The second kappa shape index (κ2) is 9.12. The highest BCUT2D eigenvalue weighted by atomic mass is 19.1. The van der Waals surface area contributed by atoms with Crippen molar-refractivity contribution in [3.63, 3.8) is 0 Å². The van der Waals surface area contributed by atoms with Crippen LogP contribution in [0.25, 0.3) is 0 Å². The van der Waals surface area contributed by atoms with Crippen LogP contribution in [0.2, 0.25) is 0 Å². The van der Waals surface area contributed by atoms with Crippen molar-refractivity contribution in [1.82, 2.24) is 20.5 Å². The number of rotatable bonds is 6. The van der Waals surface area contributed by atoms with Crippen LogP contribution in [-0.2, 0) is 6.42 Å². The van der Waals surface area contributed by atoms with Crippen molar-refractivity contribution in [2.24, 2.45) is 5.92 Å². The first kappa shape index (κ1) is 18.8. The zero-order chi connectivity index (χ0) is 19.1. The minimum Gasteiger partial charge on any atom is -0.350 e. The third kappa shape index (κ3) is 5.51. The summed E-state index contributed by atoms with van der Waals surface area (Å²) in [5.41, 5.74) is 1.58. The first-order valence-corrected chi connectivity index (χ1v) is 9.07. The van der Waals surface area contributed by atoms with Crippen molar-refractivity contribution in [3.05, 3.63) is 65.7 Å². The van der Waals surface area contributed by atoms with Crippen LogP contribution >= 0.6 is 0 Å². The van der Waals surface area contributed by atoms with Gasteiger partial charge in [-0.1, -0.05) is 12.1 Å². The maximum Gasteiger partial charge on any atom is 0.317 e. The molecule has 2 heterocycles. The minimum absolute atomic E-state index is 0.118. The van der Waals surface area contributed by atoms with E-state index >= 15 is 0 Å². The van der Waals surface area contributed by atoms with Crippen molar-refractivity contribution < 1.29 is 14.0 Å².